The van der Waals surface area contributed by atoms with Crippen LogP contribution in [0.2, 0.25) is 0 Å². The summed E-state index contributed by atoms with van der Waals surface area (Å²) in [6.45, 7) is -0.317. The smallest absolute Gasteiger partial charge is 0.368 e. The molecule has 1 aromatic rings. The molecule has 0 atom stereocenters. The lowest BCUT2D eigenvalue weighted by molar-refractivity contribution is -0.0435. The van der Waals surface area contributed by atoms with Crippen LogP contribution in [0.4, 0.5) is 23.2 Å². The molecule has 11 heteroatoms. The molecule has 1 aliphatic rings. The van der Waals surface area contributed by atoms with Gasteiger partial charge in [0.2, 0.25) is 0 Å². The van der Waals surface area contributed by atoms with Crippen LogP contribution in [0.5, 0.6) is 0 Å². The molecule has 0 N–H and O–H groups in total. The van der Waals surface area contributed by atoms with Crippen molar-refractivity contribution in [2.24, 2.45) is 0 Å². The van der Waals surface area contributed by atoms with E-state index in [4.69, 9.17) is 0 Å². The zero-order valence-electron chi connectivity index (χ0n) is 11.0. The fourth-order valence-electron chi connectivity index (χ4n) is 2.04. The van der Waals surface area contributed by atoms with Crippen LogP contribution in [0.15, 0.2) is 23.1 Å². The zero-order valence-corrected chi connectivity index (χ0v) is 12.6. The average Bonchev–Trinajstić information content (AvgIpc) is 2.38. The van der Waals surface area contributed by atoms with Gasteiger partial charge in [0.05, 0.1) is 17.2 Å². The first-order valence-corrected chi connectivity index (χ1v) is 9.31. The highest BCUT2D eigenvalue weighted by atomic mass is 32.2. The maximum Gasteiger partial charge on any atom is 0.501 e. The van der Waals surface area contributed by atoms with Gasteiger partial charge in [0, 0.05) is 13.1 Å². The van der Waals surface area contributed by atoms with E-state index in [1.807, 2.05) is 0 Å². The van der Waals surface area contributed by atoms with Gasteiger partial charge in [-0.3, -0.25) is 0 Å². The summed E-state index contributed by atoms with van der Waals surface area (Å²) in [5.74, 6) is -1.75. The first-order chi connectivity index (χ1) is 9.94. The van der Waals surface area contributed by atoms with E-state index in [1.165, 1.54) is 4.90 Å². The standard InChI is InChI=1S/C11H11F4NO4S2/c12-8-1-2-9(16-3-5-21(17,18)6-4-16)10(7-8)22(19,20)11(13,14)15/h1-2,7H,3-6H2. The van der Waals surface area contributed by atoms with Crippen molar-refractivity contribution >= 4 is 25.4 Å². The van der Waals surface area contributed by atoms with Crippen molar-refractivity contribution in [1.29, 1.82) is 0 Å². The van der Waals surface area contributed by atoms with Crippen molar-refractivity contribution < 1.29 is 34.4 Å². The van der Waals surface area contributed by atoms with Gasteiger partial charge in [0.15, 0.2) is 9.84 Å². The second kappa shape index (κ2) is 5.37. The maximum absolute atomic E-state index is 13.2. The van der Waals surface area contributed by atoms with Crippen LogP contribution in [0.25, 0.3) is 0 Å². The topological polar surface area (TPSA) is 71.5 Å². The van der Waals surface area contributed by atoms with Crippen molar-refractivity contribution in [1.82, 2.24) is 0 Å². The summed E-state index contributed by atoms with van der Waals surface area (Å²) >= 11 is 0. The van der Waals surface area contributed by atoms with Gasteiger partial charge in [-0.25, -0.2) is 21.2 Å². The highest BCUT2D eigenvalue weighted by molar-refractivity contribution is 7.92. The van der Waals surface area contributed by atoms with Crippen LogP contribution in [0, 0.1) is 5.82 Å². The number of anilines is 1. The number of rotatable bonds is 2. The fourth-order valence-corrected chi connectivity index (χ4v) is 4.23. The maximum atomic E-state index is 13.2. The van der Waals surface area contributed by atoms with Gasteiger partial charge in [-0.1, -0.05) is 0 Å². The van der Waals surface area contributed by atoms with E-state index in [0.29, 0.717) is 6.07 Å². The first-order valence-electron chi connectivity index (χ1n) is 6.00. The molecule has 0 radical (unpaired) electrons. The minimum absolute atomic E-state index is 0.158. The Labute approximate surface area is 124 Å². The Morgan fingerprint density at radius 2 is 1.64 bits per heavy atom. The molecular formula is C11H11F4NO4S2. The third-order valence-corrected chi connectivity index (χ3v) is 6.33. The van der Waals surface area contributed by atoms with E-state index in [9.17, 15) is 34.4 Å². The molecule has 22 heavy (non-hydrogen) atoms. The largest absolute Gasteiger partial charge is 0.501 e. The minimum Gasteiger partial charge on any atom is -0.368 e. The van der Waals surface area contributed by atoms with E-state index >= 15 is 0 Å². The van der Waals surface area contributed by atoms with Crippen LogP contribution >= 0.6 is 0 Å². The number of halogens is 4. The van der Waals surface area contributed by atoms with Crippen LogP contribution < -0.4 is 4.90 Å². The average molecular weight is 361 g/mol. The van der Waals surface area contributed by atoms with Crippen LogP contribution in [-0.2, 0) is 19.7 Å². The predicted octanol–water partition coefficient (Wildman–Crippen LogP) is 1.35. The molecule has 124 valence electrons. The third-order valence-electron chi connectivity index (χ3n) is 3.20. The summed E-state index contributed by atoms with van der Waals surface area (Å²) in [5, 5.41) is 0. The third kappa shape index (κ3) is 3.19. The molecule has 1 aliphatic heterocycles. The predicted molar refractivity (Wildman–Crippen MR) is 70.5 cm³/mol. The van der Waals surface area contributed by atoms with Crippen molar-refractivity contribution in [3.63, 3.8) is 0 Å². The number of nitrogens with zero attached hydrogens (tertiary/aromatic N) is 1. The summed E-state index contributed by atoms with van der Waals surface area (Å²) in [6, 6.07) is 2.03. The lowest BCUT2D eigenvalue weighted by atomic mass is 10.2. The van der Waals surface area contributed by atoms with Crippen molar-refractivity contribution in [2.75, 3.05) is 29.5 Å². The quantitative estimate of drug-likeness (QED) is 0.744. The number of hydrogen-bond acceptors (Lipinski definition) is 5. The molecule has 2 rings (SSSR count). The first kappa shape index (κ1) is 17.0. The molecular weight excluding hydrogens is 350 g/mol. The molecule has 0 unspecified atom stereocenters. The molecule has 1 saturated heterocycles. The molecule has 1 heterocycles. The van der Waals surface area contributed by atoms with Crippen molar-refractivity contribution in [2.45, 2.75) is 10.4 Å². The summed E-state index contributed by atoms with van der Waals surface area (Å²) in [4.78, 5) is -0.0154. The Morgan fingerprint density at radius 3 is 2.14 bits per heavy atom. The Bertz CT molecular complexity index is 773. The van der Waals surface area contributed by atoms with Gasteiger partial charge in [-0.2, -0.15) is 13.2 Å². The van der Waals surface area contributed by atoms with Crippen molar-refractivity contribution in [3.8, 4) is 0 Å². The molecule has 0 spiro atoms. The van der Waals surface area contributed by atoms with E-state index in [1.54, 1.807) is 0 Å². The van der Waals surface area contributed by atoms with Gasteiger partial charge in [-0.05, 0) is 18.2 Å². The summed E-state index contributed by atoms with van der Waals surface area (Å²) < 4.78 is 97.1. The number of alkyl halides is 3. The summed E-state index contributed by atoms with van der Waals surface area (Å²) in [7, 11) is -9.03. The molecule has 1 fully saturated rings. The molecule has 0 aliphatic carbocycles. The SMILES string of the molecule is O=S1(=O)CCN(c2ccc(F)cc2S(=O)(=O)C(F)(F)F)CC1. The lowest BCUT2D eigenvalue weighted by Gasteiger charge is -2.30. The molecule has 0 saturated carbocycles. The van der Waals surface area contributed by atoms with Gasteiger partial charge in [0.1, 0.15) is 10.7 Å². The Balaban J connectivity index is 2.51. The van der Waals surface area contributed by atoms with Crippen molar-refractivity contribution in [3.05, 3.63) is 24.0 Å². The molecule has 0 amide bonds. The number of sulfone groups is 2. The van der Waals surface area contributed by atoms with Crippen LogP contribution in [0.3, 0.4) is 0 Å². The molecule has 5 nitrogen and oxygen atoms in total. The second-order valence-electron chi connectivity index (χ2n) is 4.70. The van der Waals surface area contributed by atoms with E-state index in [2.05, 4.69) is 0 Å². The number of hydrogen-bond donors (Lipinski definition) is 0. The normalized spacial score (nSPS) is 19.2. The van der Waals surface area contributed by atoms with Gasteiger partial charge < -0.3 is 4.90 Å². The highest BCUT2D eigenvalue weighted by Gasteiger charge is 2.48. The fraction of sp³-hybridized carbons (Fsp3) is 0.455. The molecule has 1 aromatic carbocycles. The summed E-state index contributed by atoms with van der Waals surface area (Å²) in [5.41, 5.74) is -5.93. The lowest BCUT2D eigenvalue weighted by Crippen LogP contribution is -2.41. The van der Waals surface area contributed by atoms with E-state index in [0.717, 1.165) is 12.1 Å². The Kier molecular flexibility index (Phi) is 4.15. The highest BCUT2D eigenvalue weighted by Crippen LogP contribution is 2.36. The Hall–Kier alpha value is -1.36. The second-order valence-corrected chi connectivity index (χ2v) is 8.91. The molecule has 0 bridgehead atoms. The zero-order chi connectivity index (χ0) is 16.8. The van der Waals surface area contributed by atoms with E-state index in [-0.39, 0.29) is 30.3 Å². The number of benzene rings is 1. The Morgan fingerprint density at radius 1 is 1.09 bits per heavy atom. The molecule has 0 aromatic heterocycles. The monoisotopic (exact) mass is 361 g/mol. The minimum atomic E-state index is -5.74. The van der Waals surface area contributed by atoms with Crippen LogP contribution in [-0.4, -0.2) is 46.9 Å². The van der Waals surface area contributed by atoms with E-state index < -0.39 is 35.9 Å². The van der Waals surface area contributed by atoms with Gasteiger partial charge in [0.25, 0.3) is 9.84 Å². The van der Waals surface area contributed by atoms with Crippen LogP contribution in [0.1, 0.15) is 0 Å². The summed E-state index contributed by atoms with van der Waals surface area (Å²) in [6.07, 6.45) is 0. The van der Waals surface area contributed by atoms with Gasteiger partial charge >= 0.3 is 5.51 Å². The van der Waals surface area contributed by atoms with Gasteiger partial charge in [-0.15, -0.1) is 0 Å².